The third kappa shape index (κ3) is 7.03. The molecule has 1 saturated heterocycles. The molecule has 2 fully saturated rings. The first kappa shape index (κ1) is 22.6. The molecule has 0 atom stereocenters. The highest BCUT2D eigenvalue weighted by atomic mass is 16.2. The number of nitrogens with one attached hydrogen (secondary N) is 1. The molecule has 1 aromatic rings. The van der Waals surface area contributed by atoms with Crippen LogP contribution in [0.5, 0.6) is 0 Å². The molecule has 1 saturated carbocycles. The zero-order chi connectivity index (χ0) is 21.2. The maximum absolute atomic E-state index is 12.7. The van der Waals surface area contributed by atoms with Gasteiger partial charge in [0.05, 0.1) is 0 Å². The van der Waals surface area contributed by atoms with Crippen molar-refractivity contribution < 1.29 is 9.59 Å². The van der Waals surface area contributed by atoms with Crippen molar-refractivity contribution in [1.82, 2.24) is 10.2 Å². The van der Waals surface area contributed by atoms with Crippen LogP contribution in [0.1, 0.15) is 76.2 Å². The van der Waals surface area contributed by atoms with Crippen molar-refractivity contribution in [2.75, 3.05) is 31.1 Å². The van der Waals surface area contributed by atoms with Gasteiger partial charge in [-0.1, -0.05) is 69.9 Å². The van der Waals surface area contributed by atoms with Crippen molar-refractivity contribution >= 4 is 17.5 Å². The van der Waals surface area contributed by atoms with Gasteiger partial charge in [-0.15, -0.1) is 0 Å². The lowest BCUT2D eigenvalue weighted by Crippen LogP contribution is -2.53. The highest BCUT2D eigenvalue weighted by Crippen LogP contribution is 2.19. The average Bonchev–Trinajstić information content (AvgIpc) is 2.75. The number of carbonyl (C=O) groups is 2. The summed E-state index contributed by atoms with van der Waals surface area (Å²) in [5.41, 5.74) is 2.43. The van der Waals surface area contributed by atoms with Crippen LogP contribution in [-0.2, 0) is 9.59 Å². The number of nitrogens with zero attached hydrogens (tertiary/aromatic N) is 2. The minimum Gasteiger partial charge on any atom is -0.368 e. The second-order valence-electron chi connectivity index (χ2n) is 9.05. The van der Waals surface area contributed by atoms with E-state index in [1.165, 1.54) is 56.2 Å². The molecule has 1 heterocycles. The molecule has 2 amide bonds. The molecule has 0 aromatic heterocycles. The number of aryl methyl sites for hydroxylation is 1. The molecule has 5 heteroatoms. The minimum atomic E-state index is -0.406. The van der Waals surface area contributed by atoms with Gasteiger partial charge in [-0.25, -0.2) is 0 Å². The Hall–Kier alpha value is -2.04. The minimum absolute atomic E-state index is 0.148. The lowest BCUT2D eigenvalue weighted by atomic mass is 9.98. The van der Waals surface area contributed by atoms with Gasteiger partial charge in [0.15, 0.2) is 0 Å². The predicted molar refractivity (Wildman–Crippen MR) is 123 cm³/mol. The Morgan fingerprint density at radius 2 is 1.40 bits per heavy atom. The van der Waals surface area contributed by atoms with E-state index in [0.717, 1.165) is 38.8 Å². The molecule has 1 aromatic carbocycles. The van der Waals surface area contributed by atoms with Gasteiger partial charge in [0.2, 0.25) is 0 Å². The Kier molecular flexibility index (Phi) is 9.03. The Bertz CT molecular complexity index is 671. The highest BCUT2D eigenvalue weighted by molar-refractivity contribution is 6.35. The largest absolute Gasteiger partial charge is 0.368 e. The molecule has 0 bridgehead atoms. The third-order valence-corrected chi connectivity index (χ3v) is 6.57. The van der Waals surface area contributed by atoms with Crippen LogP contribution in [0.2, 0.25) is 0 Å². The zero-order valence-corrected chi connectivity index (χ0v) is 18.7. The molecule has 5 nitrogen and oxygen atoms in total. The topological polar surface area (TPSA) is 52.7 Å². The van der Waals surface area contributed by atoms with Crippen molar-refractivity contribution in [3.63, 3.8) is 0 Å². The molecule has 2 aliphatic rings. The van der Waals surface area contributed by atoms with Gasteiger partial charge < -0.3 is 15.1 Å². The van der Waals surface area contributed by atoms with E-state index >= 15 is 0 Å². The molecule has 3 rings (SSSR count). The van der Waals surface area contributed by atoms with E-state index in [0.29, 0.717) is 13.1 Å². The van der Waals surface area contributed by atoms with Gasteiger partial charge in [-0.2, -0.15) is 0 Å². The molecule has 0 unspecified atom stereocenters. The molecule has 1 N–H and O–H groups in total. The van der Waals surface area contributed by atoms with Crippen LogP contribution in [0.15, 0.2) is 24.3 Å². The SMILES string of the molecule is Cc1cccc(N2CCN(C(=O)C(=O)NC3CCCCCCCCCCC3)CC2)c1. The summed E-state index contributed by atoms with van der Waals surface area (Å²) in [5, 5.41) is 3.07. The maximum atomic E-state index is 12.7. The van der Waals surface area contributed by atoms with Gasteiger partial charge >= 0.3 is 11.8 Å². The number of piperazine rings is 1. The van der Waals surface area contributed by atoms with E-state index < -0.39 is 5.91 Å². The fraction of sp³-hybridized carbons (Fsp3) is 0.680. The fourth-order valence-corrected chi connectivity index (χ4v) is 4.69. The predicted octanol–water partition coefficient (Wildman–Crippen LogP) is 4.43. The summed E-state index contributed by atoms with van der Waals surface area (Å²) in [4.78, 5) is 29.4. The van der Waals surface area contributed by atoms with Crippen molar-refractivity contribution in [3.05, 3.63) is 29.8 Å². The van der Waals surface area contributed by atoms with E-state index in [-0.39, 0.29) is 11.9 Å². The van der Waals surface area contributed by atoms with Gasteiger partial charge in [0.25, 0.3) is 0 Å². The third-order valence-electron chi connectivity index (χ3n) is 6.57. The standard InChI is InChI=1S/C25H39N3O2/c1-21-12-11-15-23(20-21)27-16-18-28(19-17-27)25(30)24(29)26-22-13-9-7-5-3-2-4-6-8-10-14-22/h11-12,15,20,22H,2-10,13-14,16-19H2,1H3,(H,26,29). The summed E-state index contributed by atoms with van der Waals surface area (Å²) in [7, 11) is 0. The van der Waals surface area contributed by atoms with Gasteiger partial charge in [0.1, 0.15) is 0 Å². The summed E-state index contributed by atoms with van der Waals surface area (Å²) >= 11 is 0. The van der Waals surface area contributed by atoms with Crippen LogP contribution in [0, 0.1) is 6.92 Å². The fourth-order valence-electron chi connectivity index (χ4n) is 4.69. The molecule has 0 spiro atoms. The summed E-state index contributed by atoms with van der Waals surface area (Å²) in [6.07, 6.45) is 13.4. The monoisotopic (exact) mass is 413 g/mol. The maximum Gasteiger partial charge on any atom is 0.312 e. The number of amides is 2. The summed E-state index contributed by atoms with van der Waals surface area (Å²) in [6, 6.07) is 8.60. The normalized spacial score (nSPS) is 20.2. The molecule has 1 aliphatic carbocycles. The van der Waals surface area contributed by atoms with Gasteiger partial charge in [0, 0.05) is 37.9 Å². The van der Waals surface area contributed by atoms with E-state index in [4.69, 9.17) is 0 Å². The summed E-state index contributed by atoms with van der Waals surface area (Å²) < 4.78 is 0. The van der Waals surface area contributed by atoms with Crippen LogP contribution in [0.25, 0.3) is 0 Å². The Balaban J connectivity index is 1.46. The van der Waals surface area contributed by atoms with Crippen molar-refractivity contribution in [2.45, 2.75) is 83.6 Å². The molecule has 1 aliphatic heterocycles. The Morgan fingerprint density at radius 3 is 1.97 bits per heavy atom. The first-order chi connectivity index (χ1) is 14.6. The number of benzene rings is 1. The second kappa shape index (κ2) is 12.0. The lowest BCUT2D eigenvalue weighted by Gasteiger charge is -2.36. The smallest absolute Gasteiger partial charge is 0.312 e. The number of rotatable bonds is 2. The van der Waals surface area contributed by atoms with Crippen molar-refractivity contribution in [1.29, 1.82) is 0 Å². The van der Waals surface area contributed by atoms with Crippen LogP contribution in [-0.4, -0.2) is 48.9 Å². The second-order valence-corrected chi connectivity index (χ2v) is 9.05. The first-order valence-electron chi connectivity index (χ1n) is 12.0. The van der Waals surface area contributed by atoms with E-state index in [9.17, 15) is 9.59 Å². The number of hydrogen-bond donors (Lipinski definition) is 1. The van der Waals surface area contributed by atoms with E-state index in [2.05, 4.69) is 41.4 Å². The van der Waals surface area contributed by atoms with Gasteiger partial charge in [-0.05, 0) is 37.5 Å². The van der Waals surface area contributed by atoms with Crippen LogP contribution >= 0.6 is 0 Å². The molecular weight excluding hydrogens is 374 g/mol. The number of anilines is 1. The molecule has 166 valence electrons. The molecule has 0 radical (unpaired) electrons. The average molecular weight is 414 g/mol. The van der Waals surface area contributed by atoms with Crippen LogP contribution in [0.3, 0.4) is 0 Å². The molecule has 30 heavy (non-hydrogen) atoms. The van der Waals surface area contributed by atoms with Crippen molar-refractivity contribution in [2.24, 2.45) is 0 Å². The Labute approximate surface area is 182 Å². The number of hydrogen-bond acceptors (Lipinski definition) is 3. The zero-order valence-electron chi connectivity index (χ0n) is 18.7. The lowest BCUT2D eigenvalue weighted by molar-refractivity contribution is -0.146. The van der Waals surface area contributed by atoms with Gasteiger partial charge in [-0.3, -0.25) is 9.59 Å². The quantitative estimate of drug-likeness (QED) is 0.730. The summed E-state index contributed by atoms with van der Waals surface area (Å²) in [5.74, 6) is -0.763. The number of carbonyl (C=O) groups excluding carboxylic acids is 2. The van der Waals surface area contributed by atoms with E-state index in [1.54, 1.807) is 4.90 Å². The first-order valence-corrected chi connectivity index (χ1v) is 12.0. The molecular formula is C25H39N3O2. The Morgan fingerprint density at radius 1 is 0.833 bits per heavy atom. The van der Waals surface area contributed by atoms with E-state index in [1.807, 2.05) is 0 Å². The van der Waals surface area contributed by atoms with Crippen molar-refractivity contribution in [3.8, 4) is 0 Å². The van der Waals surface area contributed by atoms with Crippen LogP contribution in [0.4, 0.5) is 5.69 Å². The highest BCUT2D eigenvalue weighted by Gasteiger charge is 2.27. The summed E-state index contributed by atoms with van der Waals surface area (Å²) in [6.45, 7) is 4.84. The van der Waals surface area contributed by atoms with Crippen LogP contribution < -0.4 is 10.2 Å².